The molecule has 0 saturated carbocycles. The number of aryl methyl sites for hydroxylation is 1. The molecule has 17 heavy (non-hydrogen) atoms. The van der Waals surface area contributed by atoms with Crippen LogP contribution in [0.5, 0.6) is 0 Å². The van der Waals surface area contributed by atoms with Crippen LogP contribution in [0.4, 0.5) is 22.0 Å². The highest BCUT2D eigenvalue weighted by Crippen LogP contribution is 2.43. The van der Waals surface area contributed by atoms with Crippen LogP contribution in [-0.2, 0) is 18.8 Å². The Morgan fingerprint density at radius 3 is 2.47 bits per heavy atom. The van der Waals surface area contributed by atoms with E-state index in [2.05, 4.69) is 9.97 Å². The Kier molecular flexibility index (Phi) is 2.67. The maximum Gasteiger partial charge on any atom is 0.461 e. The molecule has 0 saturated heterocycles. The minimum atomic E-state index is -5.61. The SMILES string of the molecule is CC1CCc2nc(C(F)(F)C(F)(F)F)[nH]c2C1. The zero-order valence-corrected chi connectivity index (χ0v) is 9.04. The van der Waals surface area contributed by atoms with Crippen molar-refractivity contribution in [2.24, 2.45) is 5.92 Å². The third-order valence-corrected chi connectivity index (χ3v) is 2.94. The lowest BCUT2D eigenvalue weighted by Crippen LogP contribution is -2.34. The van der Waals surface area contributed by atoms with Gasteiger partial charge in [0.05, 0.1) is 5.69 Å². The van der Waals surface area contributed by atoms with Gasteiger partial charge in [-0.2, -0.15) is 22.0 Å². The minimum Gasteiger partial charge on any atom is -0.340 e. The molecule has 1 N–H and O–H groups in total. The lowest BCUT2D eigenvalue weighted by atomic mass is 9.92. The number of nitrogens with one attached hydrogen (secondary N) is 1. The summed E-state index contributed by atoms with van der Waals surface area (Å²) >= 11 is 0. The Morgan fingerprint density at radius 2 is 1.88 bits per heavy atom. The molecule has 1 atom stereocenters. The fourth-order valence-electron chi connectivity index (χ4n) is 1.94. The number of rotatable bonds is 1. The predicted molar refractivity (Wildman–Crippen MR) is 49.7 cm³/mol. The van der Waals surface area contributed by atoms with Gasteiger partial charge in [0.1, 0.15) is 0 Å². The van der Waals surface area contributed by atoms with Crippen molar-refractivity contribution >= 4 is 0 Å². The van der Waals surface area contributed by atoms with E-state index in [0.29, 0.717) is 24.2 Å². The van der Waals surface area contributed by atoms with Crippen LogP contribution in [0.25, 0.3) is 0 Å². The summed E-state index contributed by atoms with van der Waals surface area (Å²) in [6.45, 7) is 1.92. The fourth-order valence-corrected chi connectivity index (χ4v) is 1.94. The monoisotopic (exact) mass is 254 g/mol. The van der Waals surface area contributed by atoms with E-state index in [4.69, 9.17) is 0 Å². The van der Waals surface area contributed by atoms with E-state index in [0.717, 1.165) is 6.42 Å². The van der Waals surface area contributed by atoms with Crippen LogP contribution in [0.3, 0.4) is 0 Å². The molecule has 0 bridgehead atoms. The summed E-state index contributed by atoms with van der Waals surface area (Å²) in [7, 11) is 0. The van der Waals surface area contributed by atoms with E-state index in [1.54, 1.807) is 0 Å². The number of imidazole rings is 1. The molecule has 0 spiro atoms. The average Bonchev–Trinajstić information content (AvgIpc) is 2.58. The van der Waals surface area contributed by atoms with Crippen LogP contribution >= 0.6 is 0 Å². The van der Waals surface area contributed by atoms with Gasteiger partial charge >= 0.3 is 12.1 Å². The van der Waals surface area contributed by atoms with Gasteiger partial charge in [0.2, 0.25) is 0 Å². The number of halogens is 5. The van der Waals surface area contributed by atoms with Crippen molar-refractivity contribution in [1.82, 2.24) is 9.97 Å². The third-order valence-electron chi connectivity index (χ3n) is 2.94. The second-order valence-corrected chi connectivity index (χ2v) is 4.43. The zero-order valence-electron chi connectivity index (χ0n) is 9.04. The minimum absolute atomic E-state index is 0.273. The van der Waals surface area contributed by atoms with Gasteiger partial charge < -0.3 is 4.98 Å². The van der Waals surface area contributed by atoms with Crippen molar-refractivity contribution < 1.29 is 22.0 Å². The number of aromatic nitrogens is 2. The number of H-pyrrole nitrogens is 1. The topological polar surface area (TPSA) is 28.7 Å². The third kappa shape index (κ3) is 2.02. The summed E-state index contributed by atoms with van der Waals surface area (Å²) in [5.41, 5.74) is 0.740. The van der Waals surface area contributed by atoms with Crippen molar-refractivity contribution in [3.05, 3.63) is 17.2 Å². The first-order chi connectivity index (χ1) is 7.72. The molecule has 1 aliphatic carbocycles. The van der Waals surface area contributed by atoms with Gasteiger partial charge in [-0.05, 0) is 25.2 Å². The van der Waals surface area contributed by atoms with Gasteiger partial charge in [0.15, 0.2) is 5.82 Å². The van der Waals surface area contributed by atoms with Gasteiger partial charge in [-0.1, -0.05) is 6.92 Å². The Bertz CT molecular complexity index is 421. The maximum atomic E-state index is 13.0. The van der Waals surface area contributed by atoms with E-state index in [1.807, 2.05) is 6.92 Å². The highest BCUT2D eigenvalue weighted by Gasteiger charge is 2.61. The smallest absolute Gasteiger partial charge is 0.340 e. The number of nitrogens with zero attached hydrogens (tertiary/aromatic N) is 1. The molecule has 0 aliphatic heterocycles. The molecule has 7 heteroatoms. The summed E-state index contributed by atoms with van der Waals surface area (Å²) in [4.78, 5) is 5.53. The van der Waals surface area contributed by atoms with Crippen molar-refractivity contribution in [1.29, 1.82) is 0 Å². The lowest BCUT2D eigenvalue weighted by molar-refractivity contribution is -0.292. The average molecular weight is 254 g/mol. The fraction of sp³-hybridized carbons (Fsp3) is 0.700. The normalized spacial score (nSPS) is 21.4. The predicted octanol–water partition coefficient (Wildman–Crippen LogP) is 3.19. The number of hydrogen-bond acceptors (Lipinski definition) is 1. The molecule has 1 heterocycles. The van der Waals surface area contributed by atoms with Crippen LogP contribution in [0.1, 0.15) is 30.6 Å². The summed E-state index contributed by atoms with van der Waals surface area (Å²) < 4.78 is 62.5. The molecular formula is C10H11F5N2. The molecule has 2 rings (SSSR count). The molecule has 0 aromatic carbocycles. The standard InChI is InChI=1S/C10H11F5N2/c1-5-2-3-6-7(4-5)17-8(16-6)9(11,12)10(13,14)15/h5H,2-4H2,1H3,(H,16,17). The number of alkyl halides is 5. The molecule has 1 aromatic rings. The van der Waals surface area contributed by atoms with Gasteiger partial charge in [0.25, 0.3) is 0 Å². The molecule has 1 aliphatic rings. The van der Waals surface area contributed by atoms with Crippen molar-refractivity contribution in [3.8, 4) is 0 Å². The summed E-state index contributed by atoms with van der Waals surface area (Å²) in [6.07, 6.45) is -3.94. The molecule has 1 aromatic heterocycles. The van der Waals surface area contributed by atoms with Crippen LogP contribution in [0.15, 0.2) is 0 Å². The number of fused-ring (bicyclic) bond motifs is 1. The largest absolute Gasteiger partial charge is 0.461 e. The molecule has 0 fully saturated rings. The first kappa shape index (κ1) is 12.3. The van der Waals surface area contributed by atoms with Crippen LogP contribution in [-0.4, -0.2) is 16.1 Å². The van der Waals surface area contributed by atoms with Crippen molar-refractivity contribution in [3.63, 3.8) is 0 Å². The van der Waals surface area contributed by atoms with Gasteiger partial charge in [-0.15, -0.1) is 0 Å². The first-order valence-corrected chi connectivity index (χ1v) is 5.24. The number of aromatic amines is 1. The summed E-state index contributed by atoms with van der Waals surface area (Å²) in [5, 5.41) is 0. The summed E-state index contributed by atoms with van der Waals surface area (Å²) in [6, 6.07) is 0. The van der Waals surface area contributed by atoms with Crippen LogP contribution in [0, 0.1) is 5.92 Å². The molecular weight excluding hydrogens is 243 g/mol. The van der Waals surface area contributed by atoms with E-state index in [9.17, 15) is 22.0 Å². The Morgan fingerprint density at radius 1 is 1.24 bits per heavy atom. The van der Waals surface area contributed by atoms with E-state index >= 15 is 0 Å². The van der Waals surface area contributed by atoms with Crippen molar-refractivity contribution in [2.45, 2.75) is 38.3 Å². The van der Waals surface area contributed by atoms with Gasteiger partial charge in [-0.3, -0.25) is 0 Å². The second kappa shape index (κ2) is 3.68. The van der Waals surface area contributed by atoms with Crippen LogP contribution in [0.2, 0.25) is 0 Å². The van der Waals surface area contributed by atoms with Gasteiger partial charge in [-0.25, -0.2) is 4.98 Å². The quantitative estimate of drug-likeness (QED) is 0.766. The van der Waals surface area contributed by atoms with E-state index in [-0.39, 0.29) is 5.92 Å². The highest BCUT2D eigenvalue weighted by molar-refractivity contribution is 5.21. The summed E-state index contributed by atoms with van der Waals surface area (Å²) in [5.74, 6) is -5.92. The number of hydrogen-bond donors (Lipinski definition) is 1. The second-order valence-electron chi connectivity index (χ2n) is 4.43. The molecule has 2 nitrogen and oxygen atoms in total. The van der Waals surface area contributed by atoms with Gasteiger partial charge in [0, 0.05) is 5.69 Å². The van der Waals surface area contributed by atoms with E-state index in [1.165, 1.54) is 0 Å². The Hall–Kier alpha value is -1.14. The highest BCUT2D eigenvalue weighted by atomic mass is 19.4. The Labute approximate surface area is 94.2 Å². The van der Waals surface area contributed by atoms with Crippen molar-refractivity contribution in [2.75, 3.05) is 0 Å². The Balaban J connectivity index is 2.36. The molecule has 1 unspecified atom stereocenters. The molecule has 0 radical (unpaired) electrons. The maximum absolute atomic E-state index is 13.0. The first-order valence-electron chi connectivity index (χ1n) is 5.24. The lowest BCUT2D eigenvalue weighted by Gasteiger charge is -2.16. The zero-order chi connectivity index (χ0) is 12.8. The van der Waals surface area contributed by atoms with E-state index < -0.39 is 17.9 Å². The molecule has 96 valence electrons. The van der Waals surface area contributed by atoms with Crippen LogP contribution < -0.4 is 0 Å². The molecule has 0 amide bonds.